The summed E-state index contributed by atoms with van der Waals surface area (Å²) in [7, 11) is 0. The molecule has 0 aliphatic carbocycles. The van der Waals surface area contributed by atoms with E-state index in [0.717, 1.165) is 22.2 Å². The van der Waals surface area contributed by atoms with Gasteiger partial charge in [-0.15, -0.1) is 0 Å². The summed E-state index contributed by atoms with van der Waals surface area (Å²) in [6.45, 7) is 6.34. The van der Waals surface area contributed by atoms with Gasteiger partial charge in [-0.2, -0.15) is 5.10 Å². The Labute approximate surface area is 134 Å². The zero-order chi connectivity index (χ0) is 16.4. The summed E-state index contributed by atoms with van der Waals surface area (Å²) in [5.74, 6) is -0.120. The minimum absolute atomic E-state index is 0.0393. The molecule has 6 heteroatoms. The molecule has 1 aromatic carbocycles. The molecule has 1 amide bonds. The van der Waals surface area contributed by atoms with Crippen LogP contribution in [-0.2, 0) is 0 Å². The van der Waals surface area contributed by atoms with Gasteiger partial charge in [0, 0.05) is 11.9 Å². The Bertz CT molecular complexity index is 842. The number of pyridine rings is 1. The van der Waals surface area contributed by atoms with E-state index >= 15 is 0 Å². The molecule has 0 unspecified atom stereocenters. The number of amides is 1. The molecule has 0 saturated carbocycles. The van der Waals surface area contributed by atoms with E-state index in [0.29, 0.717) is 12.1 Å². The Balaban J connectivity index is 1.79. The molecule has 0 fully saturated rings. The van der Waals surface area contributed by atoms with Crippen LogP contribution >= 0.6 is 0 Å². The fraction of sp³-hybridized carbons (Fsp3) is 0.294. The smallest absolute Gasteiger partial charge is 0.253 e. The van der Waals surface area contributed by atoms with Crippen LogP contribution in [0.4, 0.5) is 0 Å². The number of nitrogens with zero attached hydrogens (tertiary/aromatic N) is 4. The highest BCUT2D eigenvalue weighted by molar-refractivity contribution is 5.98. The molecule has 6 nitrogen and oxygen atoms in total. The number of benzene rings is 1. The van der Waals surface area contributed by atoms with Crippen molar-refractivity contribution in [2.45, 2.75) is 26.8 Å². The highest BCUT2D eigenvalue weighted by atomic mass is 16.1. The molecule has 3 aromatic rings. The van der Waals surface area contributed by atoms with Crippen LogP contribution in [0.1, 0.15) is 34.6 Å². The lowest BCUT2D eigenvalue weighted by Gasteiger charge is -2.13. The zero-order valence-electron chi connectivity index (χ0n) is 13.4. The lowest BCUT2D eigenvalue weighted by atomic mass is 10.1. The van der Waals surface area contributed by atoms with E-state index < -0.39 is 0 Å². The number of aryl methyl sites for hydroxylation is 2. The van der Waals surface area contributed by atoms with E-state index in [1.54, 1.807) is 11.0 Å². The van der Waals surface area contributed by atoms with Gasteiger partial charge < -0.3 is 5.32 Å². The van der Waals surface area contributed by atoms with Gasteiger partial charge in [-0.05, 0) is 39.0 Å². The fourth-order valence-electron chi connectivity index (χ4n) is 2.50. The maximum atomic E-state index is 12.5. The van der Waals surface area contributed by atoms with Crippen LogP contribution in [0.3, 0.4) is 0 Å². The SMILES string of the molecule is Cc1ccc2nc(C)c(C(=O)NC[C@@H](C)n3cncn3)cc2c1. The van der Waals surface area contributed by atoms with Crippen LogP contribution in [0.5, 0.6) is 0 Å². The minimum Gasteiger partial charge on any atom is -0.350 e. The molecule has 2 aromatic heterocycles. The summed E-state index contributed by atoms with van der Waals surface area (Å²) in [4.78, 5) is 20.9. The molecular formula is C17H19N5O. The molecule has 0 radical (unpaired) electrons. The number of hydrogen-bond donors (Lipinski definition) is 1. The van der Waals surface area contributed by atoms with Gasteiger partial charge in [0.15, 0.2) is 0 Å². The van der Waals surface area contributed by atoms with Crippen LogP contribution in [0.2, 0.25) is 0 Å². The average Bonchev–Trinajstić information content (AvgIpc) is 3.06. The van der Waals surface area contributed by atoms with E-state index in [1.165, 1.54) is 6.33 Å². The number of aromatic nitrogens is 4. The third-order valence-corrected chi connectivity index (χ3v) is 3.85. The van der Waals surface area contributed by atoms with E-state index in [2.05, 4.69) is 20.4 Å². The molecule has 0 aliphatic heterocycles. The Kier molecular flexibility index (Phi) is 4.06. The number of nitrogens with one attached hydrogen (secondary N) is 1. The third-order valence-electron chi connectivity index (χ3n) is 3.85. The molecule has 2 heterocycles. The largest absolute Gasteiger partial charge is 0.350 e. The van der Waals surface area contributed by atoms with E-state index in [1.807, 2.05) is 45.0 Å². The summed E-state index contributed by atoms with van der Waals surface area (Å²) in [6.07, 6.45) is 3.13. The van der Waals surface area contributed by atoms with Crippen LogP contribution in [0, 0.1) is 13.8 Å². The Morgan fingerprint density at radius 1 is 1.30 bits per heavy atom. The standard InChI is InChI=1S/C17H19N5O/c1-11-4-5-16-14(6-11)7-15(13(3)21-16)17(23)19-8-12(2)22-10-18-9-20-22/h4-7,9-10,12H,8H2,1-3H3,(H,19,23)/t12-/m1/s1. The predicted molar refractivity (Wildman–Crippen MR) is 88.3 cm³/mol. The molecule has 0 bridgehead atoms. The van der Waals surface area contributed by atoms with Crippen LogP contribution in [0.15, 0.2) is 36.9 Å². The first-order chi connectivity index (χ1) is 11.0. The molecule has 0 aliphatic rings. The topological polar surface area (TPSA) is 72.7 Å². The molecule has 118 valence electrons. The van der Waals surface area contributed by atoms with Crippen molar-refractivity contribution in [3.63, 3.8) is 0 Å². The lowest BCUT2D eigenvalue weighted by Crippen LogP contribution is -2.30. The van der Waals surface area contributed by atoms with Gasteiger partial charge in [-0.1, -0.05) is 11.6 Å². The predicted octanol–water partition coefficient (Wildman–Crippen LogP) is 2.43. The quantitative estimate of drug-likeness (QED) is 0.803. The van der Waals surface area contributed by atoms with E-state index in [4.69, 9.17) is 0 Å². The first-order valence-electron chi connectivity index (χ1n) is 7.55. The van der Waals surface area contributed by atoms with Crippen molar-refractivity contribution in [1.82, 2.24) is 25.1 Å². The number of carbonyl (C=O) groups is 1. The van der Waals surface area contributed by atoms with Crippen LogP contribution < -0.4 is 5.32 Å². The maximum Gasteiger partial charge on any atom is 0.253 e. The van der Waals surface area contributed by atoms with Crippen molar-refractivity contribution in [1.29, 1.82) is 0 Å². The van der Waals surface area contributed by atoms with Gasteiger partial charge in [-0.3, -0.25) is 9.78 Å². The van der Waals surface area contributed by atoms with Crippen molar-refractivity contribution in [3.8, 4) is 0 Å². The van der Waals surface area contributed by atoms with Gasteiger partial charge in [0.1, 0.15) is 12.7 Å². The van der Waals surface area contributed by atoms with Gasteiger partial charge in [0.05, 0.1) is 22.8 Å². The molecular weight excluding hydrogens is 290 g/mol. The zero-order valence-corrected chi connectivity index (χ0v) is 13.4. The minimum atomic E-state index is -0.120. The van der Waals surface area contributed by atoms with Crippen molar-refractivity contribution in [2.24, 2.45) is 0 Å². The van der Waals surface area contributed by atoms with E-state index in [-0.39, 0.29) is 11.9 Å². The van der Waals surface area contributed by atoms with Gasteiger partial charge in [-0.25, -0.2) is 9.67 Å². The van der Waals surface area contributed by atoms with Crippen molar-refractivity contribution in [3.05, 3.63) is 53.7 Å². The second-order valence-electron chi connectivity index (χ2n) is 5.75. The molecule has 3 rings (SSSR count). The first-order valence-corrected chi connectivity index (χ1v) is 7.55. The van der Waals surface area contributed by atoms with Gasteiger partial charge in [0.2, 0.25) is 0 Å². The number of rotatable bonds is 4. The van der Waals surface area contributed by atoms with Crippen molar-refractivity contribution in [2.75, 3.05) is 6.54 Å². The highest BCUT2D eigenvalue weighted by Gasteiger charge is 2.13. The normalized spacial score (nSPS) is 12.3. The molecule has 23 heavy (non-hydrogen) atoms. The summed E-state index contributed by atoms with van der Waals surface area (Å²) in [5, 5.41) is 7.99. The monoisotopic (exact) mass is 309 g/mol. The van der Waals surface area contributed by atoms with Crippen molar-refractivity contribution >= 4 is 16.8 Å². The number of hydrogen-bond acceptors (Lipinski definition) is 4. The maximum absolute atomic E-state index is 12.5. The summed E-state index contributed by atoms with van der Waals surface area (Å²) in [5.41, 5.74) is 3.39. The lowest BCUT2D eigenvalue weighted by molar-refractivity contribution is 0.0947. The van der Waals surface area contributed by atoms with Gasteiger partial charge >= 0.3 is 0 Å². The number of fused-ring (bicyclic) bond motifs is 1. The molecule has 0 saturated heterocycles. The van der Waals surface area contributed by atoms with Crippen LogP contribution in [-0.4, -0.2) is 32.2 Å². The second-order valence-corrected chi connectivity index (χ2v) is 5.75. The summed E-state index contributed by atoms with van der Waals surface area (Å²) < 4.78 is 1.72. The Morgan fingerprint density at radius 3 is 2.87 bits per heavy atom. The highest BCUT2D eigenvalue weighted by Crippen LogP contribution is 2.18. The van der Waals surface area contributed by atoms with Gasteiger partial charge in [0.25, 0.3) is 5.91 Å². The fourth-order valence-corrected chi connectivity index (χ4v) is 2.50. The number of carbonyl (C=O) groups excluding carboxylic acids is 1. The summed E-state index contributed by atoms with van der Waals surface area (Å²) in [6, 6.07) is 7.98. The Morgan fingerprint density at radius 2 is 2.13 bits per heavy atom. The van der Waals surface area contributed by atoms with E-state index in [9.17, 15) is 4.79 Å². The Hall–Kier alpha value is -2.76. The second kappa shape index (κ2) is 6.16. The van der Waals surface area contributed by atoms with Crippen molar-refractivity contribution < 1.29 is 4.79 Å². The summed E-state index contributed by atoms with van der Waals surface area (Å²) >= 11 is 0. The average molecular weight is 309 g/mol. The molecule has 1 N–H and O–H groups in total. The first kappa shape index (κ1) is 15.1. The third kappa shape index (κ3) is 3.21. The molecule has 0 spiro atoms. The molecule has 1 atom stereocenters. The van der Waals surface area contributed by atoms with Crippen LogP contribution in [0.25, 0.3) is 10.9 Å².